The first-order valence-electron chi connectivity index (χ1n) is 5.43. The Morgan fingerprint density at radius 1 is 1.11 bits per heavy atom. The van der Waals surface area contributed by atoms with E-state index in [4.69, 9.17) is 15.2 Å². The fourth-order valence-corrected chi connectivity index (χ4v) is 1.56. The molecule has 5 nitrogen and oxygen atoms in total. The van der Waals surface area contributed by atoms with Gasteiger partial charge in [-0.05, 0) is 18.2 Å². The number of hydrogen-bond acceptors (Lipinski definition) is 5. The second-order valence-corrected chi connectivity index (χ2v) is 3.67. The molecule has 18 heavy (non-hydrogen) atoms. The monoisotopic (exact) mass is 245 g/mol. The molecule has 1 heterocycles. The van der Waals surface area contributed by atoms with Crippen LogP contribution in [0.15, 0.2) is 36.5 Å². The predicted octanol–water partition coefficient (Wildman–Crippen LogP) is 2.42. The molecule has 0 aliphatic heterocycles. The Morgan fingerprint density at radius 2 is 1.94 bits per heavy atom. The smallest absolute Gasteiger partial charge is 0.146 e. The van der Waals surface area contributed by atoms with Crippen molar-refractivity contribution in [3.63, 3.8) is 0 Å². The van der Waals surface area contributed by atoms with Crippen LogP contribution in [0.4, 0.5) is 17.2 Å². The Hall–Kier alpha value is -2.43. The van der Waals surface area contributed by atoms with E-state index in [-0.39, 0.29) is 0 Å². The number of nitrogen functional groups attached to an aromatic ring is 1. The van der Waals surface area contributed by atoms with E-state index < -0.39 is 0 Å². The quantitative estimate of drug-likeness (QED) is 0.865. The van der Waals surface area contributed by atoms with Gasteiger partial charge in [0.1, 0.15) is 17.3 Å². The first-order valence-corrected chi connectivity index (χ1v) is 5.43. The lowest BCUT2D eigenvalue weighted by atomic mass is 10.2. The number of hydrogen-bond donors (Lipinski definition) is 2. The summed E-state index contributed by atoms with van der Waals surface area (Å²) in [6.07, 6.45) is 1.65. The number of aromatic nitrogens is 1. The van der Waals surface area contributed by atoms with Crippen LogP contribution in [0.25, 0.3) is 0 Å². The summed E-state index contributed by atoms with van der Waals surface area (Å²) in [7, 11) is 3.22. The van der Waals surface area contributed by atoms with Gasteiger partial charge in [-0.25, -0.2) is 4.98 Å². The van der Waals surface area contributed by atoms with Crippen molar-refractivity contribution in [2.24, 2.45) is 0 Å². The fraction of sp³-hybridized carbons (Fsp3) is 0.154. The van der Waals surface area contributed by atoms with Crippen molar-refractivity contribution in [1.29, 1.82) is 0 Å². The van der Waals surface area contributed by atoms with Gasteiger partial charge in [0.2, 0.25) is 0 Å². The Bertz CT molecular complexity index is 544. The van der Waals surface area contributed by atoms with Crippen molar-refractivity contribution in [2.45, 2.75) is 0 Å². The van der Waals surface area contributed by atoms with Crippen LogP contribution in [0, 0.1) is 0 Å². The summed E-state index contributed by atoms with van der Waals surface area (Å²) in [6, 6.07) is 8.99. The molecular weight excluding hydrogens is 230 g/mol. The second-order valence-electron chi connectivity index (χ2n) is 3.67. The molecule has 0 saturated carbocycles. The molecule has 0 saturated heterocycles. The SMILES string of the molecule is COc1ccc(Nc2cc(N)ccn2)c(OC)c1. The van der Waals surface area contributed by atoms with E-state index in [1.807, 2.05) is 12.1 Å². The maximum atomic E-state index is 5.70. The Labute approximate surface area is 106 Å². The highest BCUT2D eigenvalue weighted by Crippen LogP contribution is 2.31. The van der Waals surface area contributed by atoms with E-state index in [2.05, 4.69) is 10.3 Å². The summed E-state index contributed by atoms with van der Waals surface area (Å²) in [5.74, 6) is 2.08. The number of pyridine rings is 1. The standard InChI is InChI=1S/C13H15N3O2/c1-17-10-3-4-11(12(8-10)18-2)16-13-7-9(14)5-6-15-13/h3-8H,1-2H3,(H3,14,15,16). The molecular formula is C13H15N3O2. The number of anilines is 3. The van der Waals surface area contributed by atoms with Gasteiger partial charge in [-0.1, -0.05) is 0 Å². The molecule has 5 heteroatoms. The van der Waals surface area contributed by atoms with Crippen LogP contribution < -0.4 is 20.5 Å². The molecule has 1 aromatic heterocycles. The highest BCUT2D eigenvalue weighted by molar-refractivity contribution is 5.67. The Balaban J connectivity index is 2.28. The largest absolute Gasteiger partial charge is 0.497 e. The topological polar surface area (TPSA) is 69.4 Å². The molecule has 0 aliphatic carbocycles. The number of rotatable bonds is 4. The average Bonchev–Trinajstić information content (AvgIpc) is 2.39. The molecule has 0 atom stereocenters. The molecule has 0 fully saturated rings. The van der Waals surface area contributed by atoms with E-state index in [1.54, 1.807) is 38.6 Å². The number of methoxy groups -OCH3 is 2. The fourth-order valence-electron chi connectivity index (χ4n) is 1.56. The van der Waals surface area contributed by atoms with Crippen LogP contribution >= 0.6 is 0 Å². The van der Waals surface area contributed by atoms with Crippen molar-refractivity contribution in [1.82, 2.24) is 4.98 Å². The summed E-state index contributed by atoms with van der Waals surface area (Å²) in [4.78, 5) is 4.17. The van der Waals surface area contributed by atoms with Gasteiger partial charge in [-0.15, -0.1) is 0 Å². The highest BCUT2D eigenvalue weighted by atomic mass is 16.5. The maximum Gasteiger partial charge on any atom is 0.146 e. The van der Waals surface area contributed by atoms with E-state index in [0.717, 1.165) is 11.4 Å². The third-order valence-corrected chi connectivity index (χ3v) is 2.46. The van der Waals surface area contributed by atoms with Crippen LogP contribution in [-0.4, -0.2) is 19.2 Å². The molecule has 2 rings (SSSR count). The van der Waals surface area contributed by atoms with E-state index in [0.29, 0.717) is 17.3 Å². The van der Waals surface area contributed by atoms with Gasteiger partial charge >= 0.3 is 0 Å². The summed E-state index contributed by atoms with van der Waals surface area (Å²) in [6.45, 7) is 0. The number of nitrogens with zero attached hydrogens (tertiary/aromatic N) is 1. The van der Waals surface area contributed by atoms with E-state index in [1.165, 1.54) is 0 Å². The van der Waals surface area contributed by atoms with Crippen molar-refractivity contribution in [3.8, 4) is 11.5 Å². The van der Waals surface area contributed by atoms with Crippen molar-refractivity contribution >= 4 is 17.2 Å². The lowest BCUT2D eigenvalue weighted by molar-refractivity contribution is 0.395. The number of nitrogens with two attached hydrogens (primary N) is 1. The Kier molecular flexibility index (Phi) is 3.52. The molecule has 0 spiro atoms. The zero-order valence-electron chi connectivity index (χ0n) is 10.3. The van der Waals surface area contributed by atoms with E-state index >= 15 is 0 Å². The lowest BCUT2D eigenvalue weighted by Crippen LogP contribution is -1.98. The van der Waals surface area contributed by atoms with Crippen LogP contribution in [0.2, 0.25) is 0 Å². The van der Waals surface area contributed by atoms with Crippen LogP contribution in [0.5, 0.6) is 11.5 Å². The second kappa shape index (κ2) is 5.27. The number of benzene rings is 1. The molecule has 0 bridgehead atoms. The summed E-state index contributed by atoms with van der Waals surface area (Å²) in [5.41, 5.74) is 7.15. The summed E-state index contributed by atoms with van der Waals surface area (Å²) in [5, 5.41) is 3.14. The average molecular weight is 245 g/mol. The van der Waals surface area contributed by atoms with Crippen molar-refractivity contribution in [2.75, 3.05) is 25.3 Å². The first kappa shape index (κ1) is 12.0. The first-order chi connectivity index (χ1) is 8.72. The zero-order valence-corrected chi connectivity index (χ0v) is 10.3. The van der Waals surface area contributed by atoms with E-state index in [9.17, 15) is 0 Å². The highest BCUT2D eigenvalue weighted by Gasteiger charge is 2.05. The van der Waals surface area contributed by atoms with Gasteiger partial charge in [0.25, 0.3) is 0 Å². The predicted molar refractivity (Wildman–Crippen MR) is 71.5 cm³/mol. The minimum Gasteiger partial charge on any atom is -0.497 e. The van der Waals surface area contributed by atoms with Crippen molar-refractivity contribution in [3.05, 3.63) is 36.5 Å². The molecule has 94 valence electrons. The van der Waals surface area contributed by atoms with Gasteiger partial charge in [-0.2, -0.15) is 0 Å². The van der Waals surface area contributed by atoms with Crippen LogP contribution in [0.3, 0.4) is 0 Å². The van der Waals surface area contributed by atoms with Crippen molar-refractivity contribution < 1.29 is 9.47 Å². The molecule has 3 N–H and O–H groups in total. The van der Waals surface area contributed by atoms with Crippen LogP contribution in [0.1, 0.15) is 0 Å². The van der Waals surface area contributed by atoms with Gasteiger partial charge in [0, 0.05) is 24.0 Å². The van der Waals surface area contributed by atoms with Gasteiger partial charge in [-0.3, -0.25) is 0 Å². The molecule has 0 unspecified atom stereocenters. The number of ether oxygens (including phenoxy) is 2. The molecule has 0 aliphatic rings. The third kappa shape index (κ3) is 2.63. The Morgan fingerprint density at radius 3 is 2.61 bits per heavy atom. The zero-order chi connectivity index (χ0) is 13.0. The van der Waals surface area contributed by atoms with Gasteiger partial charge in [0.15, 0.2) is 0 Å². The lowest BCUT2D eigenvalue weighted by Gasteiger charge is -2.12. The number of nitrogens with one attached hydrogen (secondary N) is 1. The molecule has 0 amide bonds. The summed E-state index contributed by atoms with van der Waals surface area (Å²) < 4.78 is 10.4. The molecule has 2 aromatic rings. The minimum absolute atomic E-state index is 0.653. The van der Waals surface area contributed by atoms with Gasteiger partial charge < -0.3 is 20.5 Å². The normalized spacial score (nSPS) is 9.89. The molecule has 0 radical (unpaired) electrons. The third-order valence-electron chi connectivity index (χ3n) is 2.46. The summed E-state index contributed by atoms with van der Waals surface area (Å²) >= 11 is 0. The van der Waals surface area contributed by atoms with Gasteiger partial charge in [0.05, 0.1) is 19.9 Å². The van der Waals surface area contributed by atoms with Crippen LogP contribution in [-0.2, 0) is 0 Å². The minimum atomic E-state index is 0.653. The molecule has 1 aromatic carbocycles. The maximum absolute atomic E-state index is 5.70.